The van der Waals surface area contributed by atoms with Crippen molar-refractivity contribution < 1.29 is 27.5 Å². The molecule has 29 heavy (non-hydrogen) atoms. The van der Waals surface area contributed by atoms with Gasteiger partial charge in [0.05, 0.1) is 12.7 Å². The second-order valence-electron chi connectivity index (χ2n) is 7.65. The molecule has 0 aliphatic carbocycles. The molecule has 3 unspecified atom stereocenters. The molecule has 2 aliphatic rings. The van der Waals surface area contributed by atoms with Gasteiger partial charge < -0.3 is 10.1 Å². The predicted octanol–water partition coefficient (Wildman–Crippen LogP) is 2.03. The molecule has 1 aromatic rings. The summed E-state index contributed by atoms with van der Waals surface area (Å²) in [6.07, 6.45) is -2.70. The topological polar surface area (TPSA) is 61.9 Å². The van der Waals surface area contributed by atoms with Crippen molar-refractivity contribution in [1.82, 2.24) is 15.1 Å². The van der Waals surface area contributed by atoms with E-state index in [4.69, 9.17) is 4.74 Å². The Morgan fingerprint density at radius 1 is 1.28 bits per heavy atom. The molecule has 3 rings (SSSR count). The van der Waals surface area contributed by atoms with Crippen molar-refractivity contribution in [2.45, 2.75) is 50.1 Å². The molecule has 160 valence electrons. The summed E-state index contributed by atoms with van der Waals surface area (Å²) in [6.45, 7) is 1.54. The Morgan fingerprint density at radius 2 is 1.97 bits per heavy atom. The third-order valence-corrected chi connectivity index (χ3v) is 5.93. The van der Waals surface area contributed by atoms with Gasteiger partial charge in [-0.3, -0.25) is 19.4 Å². The quantitative estimate of drug-likeness (QED) is 0.749. The van der Waals surface area contributed by atoms with Gasteiger partial charge in [0.25, 0.3) is 0 Å². The lowest BCUT2D eigenvalue weighted by molar-refractivity contribution is -0.141. The number of carbonyl (C=O) groups excluding carboxylic acids is 2. The molecule has 1 aromatic carbocycles. The van der Waals surface area contributed by atoms with E-state index in [1.165, 1.54) is 19.2 Å². The Morgan fingerprint density at radius 3 is 2.59 bits per heavy atom. The number of fused-ring (bicyclic) bond motifs is 1. The lowest BCUT2D eigenvalue weighted by atomic mass is 10.0. The average Bonchev–Trinajstić information content (AvgIpc) is 3.05. The third kappa shape index (κ3) is 4.90. The highest BCUT2D eigenvalue weighted by atomic mass is 19.4. The molecule has 3 atom stereocenters. The van der Waals surface area contributed by atoms with E-state index >= 15 is 0 Å². The minimum Gasteiger partial charge on any atom is -0.469 e. The summed E-state index contributed by atoms with van der Waals surface area (Å²) in [5.41, 5.74) is 0.0570. The molecule has 0 saturated carbocycles. The number of likely N-dealkylation sites (tertiary alicyclic amines) is 1. The number of halogens is 3. The van der Waals surface area contributed by atoms with Crippen LogP contribution < -0.4 is 5.32 Å². The van der Waals surface area contributed by atoms with Crippen molar-refractivity contribution in [2.75, 3.05) is 27.2 Å². The molecule has 6 nitrogen and oxygen atoms in total. The molecule has 0 spiro atoms. The number of rotatable bonds is 5. The van der Waals surface area contributed by atoms with Crippen LogP contribution >= 0.6 is 0 Å². The van der Waals surface area contributed by atoms with Crippen LogP contribution in [0.3, 0.4) is 0 Å². The summed E-state index contributed by atoms with van der Waals surface area (Å²) in [4.78, 5) is 28.4. The van der Waals surface area contributed by atoms with Gasteiger partial charge in [-0.2, -0.15) is 13.2 Å². The Labute approximate surface area is 168 Å². The number of benzene rings is 1. The lowest BCUT2D eigenvalue weighted by Crippen LogP contribution is -2.49. The summed E-state index contributed by atoms with van der Waals surface area (Å²) in [6, 6.07) is 4.73. The van der Waals surface area contributed by atoms with Gasteiger partial charge in [0.2, 0.25) is 5.91 Å². The van der Waals surface area contributed by atoms with Crippen LogP contribution in [-0.4, -0.2) is 67.0 Å². The summed E-state index contributed by atoms with van der Waals surface area (Å²) < 4.78 is 43.0. The van der Waals surface area contributed by atoms with Gasteiger partial charge >= 0.3 is 12.1 Å². The number of hydrogen-bond donors (Lipinski definition) is 1. The first-order valence-electron chi connectivity index (χ1n) is 9.67. The van der Waals surface area contributed by atoms with Gasteiger partial charge in [0, 0.05) is 38.1 Å². The number of hydrogen-bond acceptors (Lipinski definition) is 5. The standard InChI is InChI=1S/C20H26F3N3O3/c1-25-15(7-8-17(27)29-2)11-24-19(28)18-16(25)9-10-26(18)12-13-3-5-14(6-4-13)20(21,22)23/h3-6,15-16,18H,7-12H2,1-2H3,(H,24,28). The third-order valence-electron chi connectivity index (χ3n) is 5.93. The van der Waals surface area contributed by atoms with E-state index < -0.39 is 11.7 Å². The zero-order chi connectivity index (χ0) is 21.2. The predicted molar refractivity (Wildman–Crippen MR) is 99.9 cm³/mol. The second kappa shape index (κ2) is 8.71. The lowest BCUT2D eigenvalue weighted by Gasteiger charge is -2.33. The Bertz CT molecular complexity index is 739. The number of carbonyl (C=O) groups is 2. The molecule has 2 aliphatic heterocycles. The SMILES string of the molecule is COC(=O)CCC1CNC(=O)C2C(CCN2Cc2ccc(C(F)(F)F)cc2)N1C. The number of amides is 1. The smallest absolute Gasteiger partial charge is 0.416 e. The summed E-state index contributed by atoms with van der Waals surface area (Å²) in [7, 11) is 3.31. The monoisotopic (exact) mass is 413 g/mol. The van der Waals surface area contributed by atoms with Crippen LogP contribution in [0.25, 0.3) is 0 Å². The van der Waals surface area contributed by atoms with Crippen LogP contribution in [0.4, 0.5) is 13.2 Å². The van der Waals surface area contributed by atoms with Crippen LogP contribution in [-0.2, 0) is 27.0 Å². The summed E-state index contributed by atoms with van der Waals surface area (Å²) in [5.74, 6) is -0.354. The van der Waals surface area contributed by atoms with Gasteiger partial charge in [-0.25, -0.2) is 0 Å². The second-order valence-corrected chi connectivity index (χ2v) is 7.65. The maximum absolute atomic E-state index is 12.8. The zero-order valence-electron chi connectivity index (χ0n) is 16.5. The van der Waals surface area contributed by atoms with E-state index in [1.807, 2.05) is 11.9 Å². The number of methoxy groups -OCH3 is 1. The number of likely N-dealkylation sites (N-methyl/N-ethyl adjacent to an activating group) is 1. The molecule has 0 radical (unpaired) electrons. The van der Waals surface area contributed by atoms with Gasteiger partial charge in [-0.15, -0.1) is 0 Å². The highest BCUT2D eigenvalue weighted by Crippen LogP contribution is 2.31. The van der Waals surface area contributed by atoms with E-state index in [-0.39, 0.29) is 36.4 Å². The Hall–Kier alpha value is -2.13. The van der Waals surface area contributed by atoms with Crippen molar-refractivity contribution >= 4 is 11.9 Å². The van der Waals surface area contributed by atoms with Crippen molar-refractivity contribution in [2.24, 2.45) is 0 Å². The molecular formula is C20H26F3N3O3. The molecular weight excluding hydrogens is 387 g/mol. The fourth-order valence-electron chi connectivity index (χ4n) is 4.25. The number of esters is 1. The van der Waals surface area contributed by atoms with E-state index in [2.05, 4.69) is 10.2 Å². The van der Waals surface area contributed by atoms with E-state index in [9.17, 15) is 22.8 Å². The Kier molecular flexibility index (Phi) is 6.48. The summed E-state index contributed by atoms with van der Waals surface area (Å²) in [5, 5.41) is 2.96. The highest BCUT2D eigenvalue weighted by molar-refractivity contribution is 5.83. The van der Waals surface area contributed by atoms with Gasteiger partial charge in [0.1, 0.15) is 6.04 Å². The average molecular weight is 413 g/mol. The molecule has 0 bridgehead atoms. The molecule has 2 fully saturated rings. The number of nitrogens with one attached hydrogen (secondary N) is 1. The molecule has 9 heteroatoms. The van der Waals surface area contributed by atoms with Crippen LogP contribution in [0.2, 0.25) is 0 Å². The van der Waals surface area contributed by atoms with Crippen molar-refractivity contribution in [3.05, 3.63) is 35.4 Å². The minimum atomic E-state index is -4.36. The number of nitrogens with zero attached hydrogens (tertiary/aromatic N) is 2. The summed E-state index contributed by atoms with van der Waals surface area (Å²) >= 11 is 0. The Balaban J connectivity index is 1.68. The first-order chi connectivity index (χ1) is 13.7. The molecule has 1 amide bonds. The van der Waals surface area contributed by atoms with Crippen molar-refractivity contribution in [3.8, 4) is 0 Å². The molecule has 2 heterocycles. The maximum Gasteiger partial charge on any atom is 0.416 e. The first kappa shape index (κ1) is 21.6. The molecule has 0 aromatic heterocycles. The van der Waals surface area contributed by atoms with Crippen molar-refractivity contribution in [3.63, 3.8) is 0 Å². The van der Waals surface area contributed by atoms with E-state index in [0.29, 0.717) is 26.1 Å². The van der Waals surface area contributed by atoms with Crippen LogP contribution in [0.1, 0.15) is 30.4 Å². The number of alkyl halides is 3. The van der Waals surface area contributed by atoms with Gasteiger partial charge in [-0.05, 0) is 37.6 Å². The van der Waals surface area contributed by atoms with Crippen molar-refractivity contribution in [1.29, 1.82) is 0 Å². The molecule has 2 saturated heterocycles. The van der Waals surface area contributed by atoms with Gasteiger partial charge in [-0.1, -0.05) is 12.1 Å². The zero-order valence-corrected chi connectivity index (χ0v) is 16.5. The van der Waals surface area contributed by atoms with Crippen LogP contribution in [0, 0.1) is 0 Å². The van der Waals surface area contributed by atoms with E-state index in [1.54, 1.807) is 0 Å². The largest absolute Gasteiger partial charge is 0.469 e. The first-order valence-corrected chi connectivity index (χ1v) is 9.67. The van der Waals surface area contributed by atoms with E-state index in [0.717, 1.165) is 24.1 Å². The fourth-order valence-corrected chi connectivity index (χ4v) is 4.25. The minimum absolute atomic E-state index is 0.00500. The van der Waals surface area contributed by atoms with Crippen LogP contribution in [0.5, 0.6) is 0 Å². The molecule has 1 N–H and O–H groups in total. The normalized spacial score (nSPS) is 26.0. The van der Waals surface area contributed by atoms with Gasteiger partial charge in [0.15, 0.2) is 0 Å². The maximum atomic E-state index is 12.8. The highest BCUT2D eigenvalue weighted by Gasteiger charge is 2.45. The van der Waals surface area contributed by atoms with Crippen LogP contribution in [0.15, 0.2) is 24.3 Å². The fraction of sp³-hybridized carbons (Fsp3) is 0.600. The number of ether oxygens (including phenoxy) is 1.